The minimum atomic E-state index is -0.537. The number of aromatic nitrogens is 2. The molecule has 1 fully saturated rings. The normalized spacial score (nSPS) is 14.3. The van der Waals surface area contributed by atoms with Crippen molar-refractivity contribution in [2.75, 3.05) is 51.7 Å². The fraction of sp³-hybridized carbons (Fsp3) is 0.258. The molecular formula is C31H32N6O6. The number of benzene rings is 3. The summed E-state index contributed by atoms with van der Waals surface area (Å²) in [6.07, 6.45) is 3.03. The van der Waals surface area contributed by atoms with Crippen molar-refractivity contribution < 1.29 is 24.5 Å². The Morgan fingerprint density at radius 1 is 1.07 bits per heavy atom. The molecule has 1 aromatic heterocycles. The predicted octanol–water partition coefficient (Wildman–Crippen LogP) is 4.33. The maximum absolute atomic E-state index is 12.4. The van der Waals surface area contributed by atoms with Gasteiger partial charge < -0.3 is 20.2 Å². The van der Waals surface area contributed by atoms with E-state index in [0.29, 0.717) is 28.9 Å². The Kier molecular flexibility index (Phi) is 8.79. The Morgan fingerprint density at radius 2 is 1.77 bits per heavy atom. The van der Waals surface area contributed by atoms with E-state index in [1.54, 1.807) is 54.6 Å². The molecule has 1 amide bonds. The molecule has 4 aromatic rings. The number of nitro benzene ring substituents is 1. The van der Waals surface area contributed by atoms with Gasteiger partial charge in [0.1, 0.15) is 12.1 Å². The van der Waals surface area contributed by atoms with E-state index in [4.69, 9.17) is 4.74 Å². The highest BCUT2D eigenvalue weighted by molar-refractivity contribution is 6.02. The number of Topliss-reactive ketones (excluding diaryl/α,β-unsaturated/α-hetero) is 1. The second kappa shape index (κ2) is 12.8. The van der Waals surface area contributed by atoms with E-state index in [2.05, 4.69) is 27.1 Å². The van der Waals surface area contributed by atoms with E-state index < -0.39 is 4.92 Å². The summed E-state index contributed by atoms with van der Waals surface area (Å²) in [5.74, 6) is -0.0890. The average Bonchev–Trinajstić information content (AvgIpc) is 3.32. The highest BCUT2D eigenvalue weighted by Gasteiger charge is 2.22. The number of carbonyl (C=O) groups excluding carboxylic acids is 2. The third-order valence-electron chi connectivity index (χ3n) is 7.32. The van der Waals surface area contributed by atoms with Crippen molar-refractivity contribution in [3.63, 3.8) is 0 Å². The third-order valence-corrected chi connectivity index (χ3v) is 7.32. The molecule has 2 heterocycles. The van der Waals surface area contributed by atoms with Crippen molar-refractivity contribution in [3.05, 3.63) is 88.0 Å². The molecule has 0 atom stereocenters. The fourth-order valence-electron chi connectivity index (χ4n) is 4.77. The van der Waals surface area contributed by atoms with Crippen LogP contribution in [0.15, 0.2) is 66.7 Å². The van der Waals surface area contributed by atoms with E-state index in [9.17, 15) is 24.9 Å². The number of ether oxygens (including phenoxy) is 1. The summed E-state index contributed by atoms with van der Waals surface area (Å²) >= 11 is 0. The molecule has 12 nitrogen and oxygen atoms in total. The Bertz CT molecular complexity index is 1670. The van der Waals surface area contributed by atoms with Crippen molar-refractivity contribution in [3.8, 4) is 17.1 Å². The molecule has 12 heteroatoms. The predicted molar refractivity (Wildman–Crippen MR) is 163 cm³/mol. The van der Waals surface area contributed by atoms with E-state index >= 15 is 0 Å². The van der Waals surface area contributed by atoms with Gasteiger partial charge in [-0.3, -0.25) is 24.6 Å². The van der Waals surface area contributed by atoms with E-state index in [0.717, 1.165) is 36.5 Å². The molecule has 222 valence electrons. The number of nitrogens with one attached hydrogen (secondary N) is 1. The lowest BCUT2D eigenvalue weighted by Gasteiger charge is -2.32. The molecule has 0 bridgehead atoms. The lowest BCUT2D eigenvalue weighted by atomic mass is 10.1. The number of nitrogens with zero attached hydrogens (tertiary/aromatic N) is 5. The quantitative estimate of drug-likeness (QED) is 0.0915. The van der Waals surface area contributed by atoms with Crippen molar-refractivity contribution in [1.29, 1.82) is 0 Å². The van der Waals surface area contributed by atoms with Gasteiger partial charge >= 0.3 is 5.69 Å². The van der Waals surface area contributed by atoms with Gasteiger partial charge in [0.25, 0.3) is 0 Å². The van der Waals surface area contributed by atoms with Gasteiger partial charge in [-0.2, -0.15) is 4.73 Å². The number of rotatable bonds is 10. The van der Waals surface area contributed by atoms with Gasteiger partial charge in [0.2, 0.25) is 5.91 Å². The number of nitro groups is 1. The van der Waals surface area contributed by atoms with E-state index in [1.165, 1.54) is 25.1 Å². The van der Waals surface area contributed by atoms with Crippen molar-refractivity contribution in [2.24, 2.45) is 0 Å². The first kappa shape index (κ1) is 29.4. The maximum atomic E-state index is 12.4. The van der Waals surface area contributed by atoms with Crippen LogP contribution in [0.2, 0.25) is 0 Å². The molecular weight excluding hydrogens is 552 g/mol. The van der Waals surface area contributed by atoms with Crippen LogP contribution in [-0.4, -0.2) is 87.7 Å². The summed E-state index contributed by atoms with van der Waals surface area (Å²) in [6.45, 7) is 6.19. The van der Waals surface area contributed by atoms with Gasteiger partial charge in [-0.25, -0.2) is 4.98 Å². The van der Waals surface area contributed by atoms with Gasteiger partial charge in [0, 0.05) is 67.7 Å². The van der Waals surface area contributed by atoms with Crippen LogP contribution >= 0.6 is 0 Å². The van der Waals surface area contributed by atoms with Crippen molar-refractivity contribution >= 4 is 40.2 Å². The Morgan fingerprint density at radius 3 is 2.42 bits per heavy atom. The lowest BCUT2D eigenvalue weighted by molar-refractivity contribution is -0.385. The van der Waals surface area contributed by atoms with Crippen LogP contribution in [0.1, 0.15) is 22.8 Å². The third kappa shape index (κ3) is 7.05. The first-order valence-corrected chi connectivity index (χ1v) is 13.8. The molecule has 1 aliphatic heterocycles. The number of hydrogen-bond donors (Lipinski definition) is 2. The Labute approximate surface area is 247 Å². The van der Waals surface area contributed by atoms with Gasteiger partial charge in [0.15, 0.2) is 17.4 Å². The van der Waals surface area contributed by atoms with Gasteiger partial charge in [-0.1, -0.05) is 24.3 Å². The minimum absolute atomic E-state index is 0.0271. The first-order valence-electron chi connectivity index (χ1n) is 13.8. The average molecular weight is 585 g/mol. The van der Waals surface area contributed by atoms with Crippen LogP contribution in [0.25, 0.3) is 28.5 Å². The summed E-state index contributed by atoms with van der Waals surface area (Å²) in [6, 6.07) is 16.3. The zero-order valence-corrected chi connectivity index (χ0v) is 23.9. The lowest BCUT2D eigenvalue weighted by Crippen LogP contribution is -2.45. The van der Waals surface area contributed by atoms with Gasteiger partial charge in [-0.05, 0) is 49.9 Å². The highest BCUT2D eigenvalue weighted by atomic mass is 16.6. The number of likely N-dealkylation sites (N-methyl/N-ethyl adjacent to an activating group) is 1. The number of ketones is 1. The largest absolute Gasteiger partial charge is 0.485 e. The summed E-state index contributed by atoms with van der Waals surface area (Å²) in [5, 5.41) is 25.4. The number of piperazine rings is 1. The Hall–Kier alpha value is -5.07. The van der Waals surface area contributed by atoms with Crippen LogP contribution in [0.3, 0.4) is 0 Å². The molecule has 0 radical (unpaired) electrons. The van der Waals surface area contributed by atoms with Crippen LogP contribution in [0.5, 0.6) is 5.75 Å². The zero-order valence-electron chi connectivity index (χ0n) is 23.9. The standard InChI is InChI=1S/C31H32N6O6/c1-21(38)23-6-3-22(4-7-23)5-12-30(39)32-25-10-8-24(9-11-25)31-33-26-19-29(28(37(41)42)20-27(26)36(31)40)43-18-17-35-15-13-34(2)14-16-35/h3-12,19-20,40H,13-18H2,1-2H3,(H,32,39). The number of imidazole rings is 1. The topological polar surface area (TPSA) is 143 Å². The van der Waals surface area contributed by atoms with E-state index in [1.807, 2.05) is 0 Å². The molecule has 43 heavy (non-hydrogen) atoms. The summed E-state index contributed by atoms with van der Waals surface area (Å²) in [7, 11) is 2.08. The molecule has 3 aromatic carbocycles. The number of anilines is 1. The molecule has 1 aliphatic rings. The smallest absolute Gasteiger partial charge is 0.313 e. The summed E-state index contributed by atoms with van der Waals surface area (Å²) < 4.78 is 6.63. The molecule has 2 N–H and O–H groups in total. The Balaban J connectivity index is 1.26. The molecule has 1 saturated heterocycles. The van der Waals surface area contributed by atoms with E-state index in [-0.39, 0.29) is 41.1 Å². The minimum Gasteiger partial charge on any atom is -0.485 e. The zero-order chi connectivity index (χ0) is 30.5. The highest BCUT2D eigenvalue weighted by Crippen LogP contribution is 2.34. The summed E-state index contributed by atoms with van der Waals surface area (Å²) in [4.78, 5) is 44.1. The monoisotopic (exact) mass is 584 g/mol. The second-order valence-electron chi connectivity index (χ2n) is 10.4. The molecule has 0 saturated carbocycles. The van der Waals surface area contributed by atoms with Crippen molar-refractivity contribution in [1.82, 2.24) is 19.5 Å². The van der Waals surface area contributed by atoms with Crippen LogP contribution < -0.4 is 10.1 Å². The number of hydrogen-bond acceptors (Lipinski definition) is 9. The van der Waals surface area contributed by atoms with Crippen LogP contribution in [0, 0.1) is 10.1 Å². The summed E-state index contributed by atoms with van der Waals surface area (Å²) in [5.41, 5.74) is 2.70. The molecule has 0 spiro atoms. The molecule has 5 rings (SSSR count). The van der Waals surface area contributed by atoms with Gasteiger partial charge in [0.05, 0.1) is 10.4 Å². The molecule has 0 aliphatic carbocycles. The molecule has 0 unspecified atom stereocenters. The maximum Gasteiger partial charge on any atom is 0.313 e. The van der Waals surface area contributed by atoms with Crippen molar-refractivity contribution in [2.45, 2.75) is 6.92 Å². The number of fused-ring (bicyclic) bond motifs is 1. The second-order valence-corrected chi connectivity index (χ2v) is 10.4. The number of amides is 1. The van der Waals surface area contributed by atoms with Gasteiger partial charge in [-0.15, -0.1) is 0 Å². The SMILES string of the molecule is CC(=O)c1ccc(C=CC(=O)Nc2ccc(-c3nc4cc(OCCN5CCN(C)CC5)c([N+](=O)[O-])cc4n3O)cc2)cc1. The number of carbonyl (C=O) groups is 2. The first-order chi connectivity index (χ1) is 20.7. The van der Waals surface area contributed by atoms with Crippen LogP contribution in [-0.2, 0) is 4.79 Å². The fourth-order valence-corrected chi connectivity index (χ4v) is 4.77. The van der Waals surface area contributed by atoms with Crippen LogP contribution in [0.4, 0.5) is 11.4 Å².